The normalized spacial score (nSPS) is 9.33. The molecule has 104 valence electrons. The molecule has 2 N–H and O–H groups in total. The van der Waals surface area contributed by atoms with Gasteiger partial charge in [-0.25, -0.2) is 0 Å². The molecular weight excluding hydrogens is 258 g/mol. The van der Waals surface area contributed by atoms with Gasteiger partial charge in [-0.05, 0) is 23.3 Å². The number of aldehydes is 1. The maximum absolute atomic E-state index is 10.1. The molecule has 0 radical (unpaired) electrons. The molecule has 0 aliphatic heterocycles. The summed E-state index contributed by atoms with van der Waals surface area (Å²) in [6.07, 6.45) is 0.745. The van der Waals surface area contributed by atoms with Crippen molar-refractivity contribution in [3.63, 3.8) is 0 Å². The molecule has 0 spiro atoms. The van der Waals surface area contributed by atoms with Gasteiger partial charge in [-0.3, -0.25) is 4.79 Å². The Bertz CT molecular complexity index is 641. The Hall–Kier alpha value is -2.87. The Labute approximate surface area is 124 Å². The third-order valence-corrected chi connectivity index (χ3v) is 3.00. The lowest BCUT2D eigenvalue weighted by atomic mass is 10.1. The molecule has 0 saturated carbocycles. The minimum atomic E-state index is 0.535. The highest BCUT2D eigenvalue weighted by atomic mass is 16.1. The minimum absolute atomic E-state index is 0.535. The first-order valence-corrected chi connectivity index (χ1v) is 6.71. The summed E-state index contributed by atoms with van der Waals surface area (Å²) in [7, 11) is 0. The third kappa shape index (κ3) is 4.32. The maximum Gasteiger partial charge on any atom is 0.152 e. The zero-order valence-electron chi connectivity index (χ0n) is 11.6. The number of para-hydroxylation sites is 1. The van der Waals surface area contributed by atoms with Gasteiger partial charge in [0.25, 0.3) is 0 Å². The summed E-state index contributed by atoms with van der Waals surface area (Å²) in [5.41, 5.74) is 9.04. The van der Waals surface area contributed by atoms with Crippen molar-refractivity contribution in [2.24, 2.45) is 0 Å². The number of anilines is 1. The Morgan fingerprint density at radius 1 is 0.619 bits per heavy atom. The lowest BCUT2D eigenvalue weighted by Gasteiger charge is -1.98. The quantitative estimate of drug-likeness (QED) is 0.555. The van der Waals surface area contributed by atoms with Crippen molar-refractivity contribution in [1.82, 2.24) is 0 Å². The smallest absolute Gasteiger partial charge is 0.152 e. The molecule has 0 fully saturated rings. The van der Waals surface area contributed by atoms with Crippen LogP contribution in [0.3, 0.4) is 0 Å². The van der Waals surface area contributed by atoms with Crippen LogP contribution in [-0.2, 0) is 0 Å². The molecule has 0 bridgehead atoms. The SMILES string of the molecule is Nc1ccccc1C=O.c1ccc(-c2ccccc2)cc1. The van der Waals surface area contributed by atoms with E-state index in [1.54, 1.807) is 24.3 Å². The summed E-state index contributed by atoms with van der Waals surface area (Å²) in [6, 6.07) is 27.7. The van der Waals surface area contributed by atoms with Crippen molar-refractivity contribution in [1.29, 1.82) is 0 Å². The van der Waals surface area contributed by atoms with E-state index in [1.165, 1.54) is 11.1 Å². The Kier molecular flexibility index (Phi) is 5.30. The average molecular weight is 275 g/mol. The van der Waals surface area contributed by atoms with E-state index in [0.717, 1.165) is 6.29 Å². The second-order valence-electron chi connectivity index (χ2n) is 4.48. The number of rotatable bonds is 2. The van der Waals surface area contributed by atoms with Crippen molar-refractivity contribution >= 4 is 12.0 Å². The summed E-state index contributed by atoms with van der Waals surface area (Å²) < 4.78 is 0. The Morgan fingerprint density at radius 3 is 1.43 bits per heavy atom. The highest BCUT2D eigenvalue weighted by Crippen LogP contribution is 2.17. The van der Waals surface area contributed by atoms with Crippen LogP contribution in [0.15, 0.2) is 84.9 Å². The van der Waals surface area contributed by atoms with Crippen LogP contribution in [0.1, 0.15) is 10.4 Å². The van der Waals surface area contributed by atoms with Crippen LogP contribution in [0.4, 0.5) is 5.69 Å². The molecule has 0 atom stereocenters. The molecule has 0 unspecified atom stereocenters. The van der Waals surface area contributed by atoms with Gasteiger partial charge in [-0.2, -0.15) is 0 Å². The maximum atomic E-state index is 10.1. The molecule has 0 aliphatic carbocycles. The van der Waals surface area contributed by atoms with Crippen LogP contribution in [-0.4, -0.2) is 6.29 Å². The van der Waals surface area contributed by atoms with Crippen molar-refractivity contribution in [2.45, 2.75) is 0 Å². The van der Waals surface area contributed by atoms with Crippen LogP contribution in [0.2, 0.25) is 0 Å². The number of hydrogen-bond acceptors (Lipinski definition) is 2. The summed E-state index contributed by atoms with van der Waals surface area (Å²) in [5, 5.41) is 0. The number of carbonyl (C=O) groups is 1. The Morgan fingerprint density at radius 2 is 1.05 bits per heavy atom. The molecule has 0 saturated heterocycles. The predicted octanol–water partition coefficient (Wildman–Crippen LogP) is 4.43. The number of benzene rings is 3. The molecule has 2 heteroatoms. The summed E-state index contributed by atoms with van der Waals surface area (Å²) in [4.78, 5) is 10.1. The van der Waals surface area contributed by atoms with Gasteiger partial charge in [0.2, 0.25) is 0 Å². The molecule has 0 heterocycles. The lowest BCUT2D eigenvalue weighted by Crippen LogP contribution is -1.90. The van der Waals surface area contributed by atoms with Gasteiger partial charge in [0, 0.05) is 11.3 Å². The average Bonchev–Trinajstić information content (AvgIpc) is 2.58. The monoisotopic (exact) mass is 275 g/mol. The van der Waals surface area contributed by atoms with E-state index in [4.69, 9.17) is 5.73 Å². The summed E-state index contributed by atoms with van der Waals surface area (Å²) >= 11 is 0. The van der Waals surface area contributed by atoms with Gasteiger partial charge in [-0.1, -0.05) is 72.8 Å². The van der Waals surface area contributed by atoms with E-state index in [9.17, 15) is 4.79 Å². The fourth-order valence-electron chi connectivity index (χ4n) is 1.88. The van der Waals surface area contributed by atoms with Crippen LogP contribution >= 0.6 is 0 Å². The molecule has 0 amide bonds. The van der Waals surface area contributed by atoms with E-state index in [1.807, 2.05) is 12.1 Å². The number of nitrogens with two attached hydrogens (primary N) is 1. The zero-order chi connectivity index (χ0) is 14.9. The fourth-order valence-corrected chi connectivity index (χ4v) is 1.88. The second kappa shape index (κ2) is 7.65. The number of carbonyl (C=O) groups excluding carboxylic acids is 1. The molecule has 3 aromatic carbocycles. The van der Waals surface area contributed by atoms with E-state index >= 15 is 0 Å². The first-order valence-electron chi connectivity index (χ1n) is 6.71. The molecule has 21 heavy (non-hydrogen) atoms. The molecular formula is C19H17NO. The van der Waals surface area contributed by atoms with E-state index < -0.39 is 0 Å². The van der Waals surface area contributed by atoms with E-state index in [2.05, 4.69) is 48.5 Å². The van der Waals surface area contributed by atoms with E-state index in [-0.39, 0.29) is 0 Å². The largest absolute Gasteiger partial charge is 0.398 e. The molecule has 3 aromatic rings. The van der Waals surface area contributed by atoms with Crippen LogP contribution in [0.25, 0.3) is 11.1 Å². The highest BCUT2D eigenvalue weighted by Gasteiger charge is 1.92. The van der Waals surface area contributed by atoms with Crippen molar-refractivity contribution in [3.8, 4) is 11.1 Å². The van der Waals surface area contributed by atoms with Crippen LogP contribution in [0, 0.1) is 0 Å². The minimum Gasteiger partial charge on any atom is -0.398 e. The fraction of sp³-hybridized carbons (Fsp3) is 0. The van der Waals surface area contributed by atoms with Gasteiger partial charge in [0.15, 0.2) is 6.29 Å². The molecule has 0 aliphatic rings. The Balaban J connectivity index is 0.000000161. The second-order valence-corrected chi connectivity index (χ2v) is 4.48. The summed E-state index contributed by atoms with van der Waals surface area (Å²) in [6.45, 7) is 0. The van der Waals surface area contributed by atoms with Gasteiger partial charge in [-0.15, -0.1) is 0 Å². The molecule has 0 aromatic heterocycles. The van der Waals surface area contributed by atoms with Crippen LogP contribution in [0.5, 0.6) is 0 Å². The number of nitrogen functional groups attached to an aromatic ring is 1. The standard InChI is InChI=1S/C12H10.C7H7NO/c1-3-7-11(8-4-1)12-9-5-2-6-10-12;8-7-4-2-1-3-6(7)5-9/h1-10H;1-5H,8H2. The lowest BCUT2D eigenvalue weighted by molar-refractivity contribution is 0.112. The van der Waals surface area contributed by atoms with E-state index in [0.29, 0.717) is 11.3 Å². The van der Waals surface area contributed by atoms with Crippen molar-refractivity contribution < 1.29 is 4.79 Å². The first-order chi connectivity index (χ1) is 10.3. The van der Waals surface area contributed by atoms with Gasteiger partial charge >= 0.3 is 0 Å². The first kappa shape index (κ1) is 14.5. The third-order valence-electron chi connectivity index (χ3n) is 3.00. The zero-order valence-corrected chi connectivity index (χ0v) is 11.6. The van der Waals surface area contributed by atoms with Crippen LogP contribution < -0.4 is 5.73 Å². The highest BCUT2D eigenvalue weighted by molar-refractivity contribution is 5.82. The summed E-state index contributed by atoms with van der Waals surface area (Å²) in [5.74, 6) is 0. The van der Waals surface area contributed by atoms with Crippen molar-refractivity contribution in [2.75, 3.05) is 5.73 Å². The molecule has 3 rings (SSSR count). The predicted molar refractivity (Wildman–Crippen MR) is 88.1 cm³/mol. The topological polar surface area (TPSA) is 43.1 Å². The van der Waals surface area contributed by atoms with Gasteiger partial charge in [0.1, 0.15) is 0 Å². The van der Waals surface area contributed by atoms with Gasteiger partial charge < -0.3 is 5.73 Å². The van der Waals surface area contributed by atoms with Gasteiger partial charge in [0.05, 0.1) is 0 Å². The molecule has 2 nitrogen and oxygen atoms in total. The van der Waals surface area contributed by atoms with Crippen molar-refractivity contribution in [3.05, 3.63) is 90.5 Å². The number of hydrogen-bond donors (Lipinski definition) is 1.